The third-order valence-electron chi connectivity index (χ3n) is 3.28. The Kier molecular flexibility index (Phi) is 3.91. The van der Waals surface area contributed by atoms with E-state index in [2.05, 4.69) is 10.3 Å². The van der Waals surface area contributed by atoms with Crippen molar-refractivity contribution < 1.29 is 9.53 Å². The first-order valence-electron chi connectivity index (χ1n) is 6.81. The van der Waals surface area contributed by atoms with Gasteiger partial charge in [0.15, 0.2) is 4.96 Å². The average molecular weight is 317 g/mol. The van der Waals surface area contributed by atoms with E-state index in [1.165, 1.54) is 21.9 Å². The van der Waals surface area contributed by atoms with Crippen LogP contribution in [0.3, 0.4) is 0 Å². The van der Waals surface area contributed by atoms with Crippen LogP contribution < -0.4 is 10.9 Å². The zero-order chi connectivity index (χ0) is 15.7. The summed E-state index contributed by atoms with van der Waals surface area (Å²) in [6.07, 6.45) is 1.34. The van der Waals surface area contributed by atoms with Gasteiger partial charge in [-0.2, -0.15) is 0 Å². The summed E-state index contributed by atoms with van der Waals surface area (Å²) in [5, 5.41) is 2.73. The van der Waals surface area contributed by atoms with Crippen LogP contribution in [0.4, 0.5) is 0 Å². The van der Waals surface area contributed by atoms with Gasteiger partial charge in [-0.1, -0.05) is 23.5 Å². The maximum atomic E-state index is 12.6. The highest BCUT2D eigenvalue weighted by molar-refractivity contribution is 7.23. The Hall–Kier alpha value is -2.25. The fourth-order valence-electron chi connectivity index (χ4n) is 2.30. The number of fused-ring (bicyclic) bond motifs is 3. The van der Waals surface area contributed by atoms with Crippen molar-refractivity contribution in [3.8, 4) is 0 Å². The molecular weight excluding hydrogens is 302 g/mol. The number of nitrogens with one attached hydrogen (secondary N) is 1. The number of carbonyl (C=O) groups is 1. The molecule has 1 atom stereocenters. The summed E-state index contributed by atoms with van der Waals surface area (Å²) in [6, 6.07) is 7.35. The summed E-state index contributed by atoms with van der Waals surface area (Å²) >= 11 is 1.42. The van der Waals surface area contributed by atoms with E-state index < -0.39 is 5.91 Å². The molecule has 0 aliphatic rings. The summed E-state index contributed by atoms with van der Waals surface area (Å²) in [6.45, 7) is 2.19. The van der Waals surface area contributed by atoms with Gasteiger partial charge in [0.25, 0.3) is 11.5 Å². The summed E-state index contributed by atoms with van der Waals surface area (Å²) in [7, 11) is 1.56. The van der Waals surface area contributed by atoms with E-state index in [0.29, 0.717) is 11.6 Å². The van der Waals surface area contributed by atoms with Crippen LogP contribution in [0.25, 0.3) is 15.2 Å². The molecule has 2 heterocycles. The molecule has 0 saturated heterocycles. The van der Waals surface area contributed by atoms with Gasteiger partial charge in [-0.25, -0.2) is 4.98 Å². The second-order valence-electron chi connectivity index (χ2n) is 4.99. The Morgan fingerprint density at radius 2 is 2.23 bits per heavy atom. The van der Waals surface area contributed by atoms with Crippen molar-refractivity contribution in [2.24, 2.45) is 0 Å². The van der Waals surface area contributed by atoms with Crippen molar-refractivity contribution in [1.29, 1.82) is 0 Å². The van der Waals surface area contributed by atoms with E-state index in [4.69, 9.17) is 4.74 Å². The van der Waals surface area contributed by atoms with Gasteiger partial charge >= 0.3 is 0 Å². The summed E-state index contributed by atoms with van der Waals surface area (Å²) < 4.78 is 7.41. The third-order valence-corrected chi connectivity index (χ3v) is 4.31. The molecule has 0 bridgehead atoms. The van der Waals surface area contributed by atoms with Crippen LogP contribution in [-0.2, 0) is 4.74 Å². The summed E-state index contributed by atoms with van der Waals surface area (Å²) in [5.74, 6) is -0.438. The van der Waals surface area contributed by atoms with E-state index in [1.807, 2.05) is 31.2 Å². The highest BCUT2D eigenvalue weighted by Crippen LogP contribution is 2.23. The zero-order valence-corrected chi connectivity index (χ0v) is 13.0. The minimum Gasteiger partial charge on any atom is -0.383 e. The molecule has 0 spiro atoms. The second-order valence-corrected chi connectivity index (χ2v) is 6.00. The minimum absolute atomic E-state index is 0.0315. The van der Waals surface area contributed by atoms with Crippen LogP contribution in [0.2, 0.25) is 0 Å². The molecule has 22 heavy (non-hydrogen) atoms. The number of hydrogen-bond donors (Lipinski definition) is 1. The van der Waals surface area contributed by atoms with E-state index in [9.17, 15) is 9.59 Å². The first-order valence-corrected chi connectivity index (χ1v) is 7.62. The standard InChI is InChI=1S/C15H15N3O3S/c1-9(8-21-2)17-13(19)10-7-16-15-18(14(10)20)11-5-3-4-6-12(11)22-15/h3-7,9H,8H2,1-2H3,(H,17,19). The molecule has 2 aromatic heterocycles. The monoisotopic (exact) mass is 317 g/mol. The third kappa shape index (κ3) is 2.49. The Morgan fingerprint density at radius 1 is 1.45 bits per heavy atom. The van der Waals surface area contributed by atoms with Gasteiger partial charge in [-0.15, -0.1) is 0 Å². The Labute approximate surface area is 130 Å². The SMILES string of the molecule is COCC(C)NC(=O)c1cnc2sc3ccccc3n2c1=O. The van der Waals surface area contributed by atoms with E-state index in [1.54, 1.807) is 7.11 Å². The van der Waals surface area contributed by atoms with Gasteiger partial charge in [0.1, 0.15) is 5.56 Å². The number of carbonyl (C=O) groups excluding carboxylic acids is 1. The summed E-state index contributed by atoms with van der Waals surface area (Å²) in [5.41, 5.74) is 0.438. The predicted molar refractivity (Wildman–Crippen MR) is 85.6 cm³/mol. The fraction of sp³-hybridized carbons (Fsp3) is 0.267. The van der Waals surface area contributed by atoms with Gasteiger partial charge in [-0.3, -0.25) is 14.0 Å². The van der Waals surface area contributed by atoms with Gasteiger partial charge in [0.05, 0.1) is 16.8 Å². The molecule has 0 aliphatic carbocycles. The second kappa shape index (κ2) is 5.86. The lowest BCUT2D eigenvalue weighted by Crippen LogP contribution is -2.38. The van der Waals surface area contributed by atoms with Crippen molar-refractivity contribution in [2.75, 3.05) is 13.7 Å². The van der Waals surface area contributed by atoms with E-state index >= 15 is 0 Å². The number of thiazole rings is 1. The number of benzene rings is 1. The molecule has 3 rings (SSSR count). The Morgan fingerprint density at radius 3 is 3.00 bits per heavy atom. The molecule has 6 nitrogen and oxygen atoms in total. The van der Waals surface area contributed by atoms with Crippen molar-refractivity contribution in [2.45, 2.75) is 13.0 Å². The number of ether oxygens (including phenoxy) is 1. The number of hydrogen-bond acceptors (Lipinski definition) is 5. The number of rotatable bonds is 4. The number of aromatic nitrogens is 2. The molecule has 114 valence electrons. The first kappa shape index (κ1) is 14.7. The fourth-order valence-corrected chi connectivity index (χ4v) is 3.29. The number of nitrogens with zero attached hydrogens (tertiary/aromatic N) is 2. The largest absolute Gasteiger partial charge is 0.383 e. The van der Waals surface area contributed by atoms with Gasteiger partial charge in [-0.05, 0) is 19.1 Å². The highest BCUT2D eigenvalue weighted by Gasteiger charge is 2.17. The normalized spacial score (nSPS) is 12.6. The molecule has 1 aromatic carbocycles. The molecular formula is C15H15N3O3S. The van der Waals surface area contributed by atoms with Crippen LogP contribution in [0.15, 0.2) is 35.3 Å². The van der Waals surface area contributed by atoms with Crippen molar-refractivity contribution >= 4 is 32.4 Å². The lowest BCUT2D eigenvalue weighted by Gasteiger charge is -2.12. The maximum absolute atomic E-state index is 12.6. The smallest absolute Gasteiger partial charge is 0.271 e. The van der Waals surface area contributed by atoms with Gasteiger partial charge < -0.3 is 10.1 Å². The lowest BCUT2D eigenvalue weighted by atomic mass is 10.2. The lowest BCUT2D eigenvalue weighted by molar-refractivity contribution is 0.0903. The molecule has 7 heteroatoms. The molecule has 0 saturated carbocycles. The number of amides is 1. The van der Waals surface area contributed by atoms with Crippen LogP contribution in [0.1, 0.15) is 17.3 Å². The molecule has 1 amide bonds. The summed E-state index contributed by atoms with van der Waals surface area (Å²) in [4.78, 5) is 29.7. The number of para-hydroxylation sites is 1. The maximum Gasteiger partial charge on any atom is 0.271 e. The molecule has 1 unspecified atom stereocenters. The average Bonchev–Trinajstić information content (AvgIpc) is 2.86. The highest BCUT2D eigenvalue weighted by atomic mass is 32.1. The quantitative estimate of drug-likeness (QED) is 0.794. The van der Waals surface area contributed by atoms with E-state index in [0.717, 1.165) is 10.2 Å². The van der Waals surface area contributed by atoms with E-state index in [-0.39, 0.29) is 17.2 Å². The molecule has 0 fully saturated rings. The topological polar surface area (TPSA) is 72.7 Å². The van der Waals surface area contributed by atoms with Crippen molar-refractivity contribution in [3.05, 3.63) is 46.4 Å². The van der Waals surface area contributed by atoms with Crippen LogP contribution in [-0.4, -0.2) is 35.1 Å². The van der Waals surface area contributed by atoms with Crippen molar-refractivity contribution in [3.63, 3.8) is 0 Å². The minimum atomic E-state index is -0.438. The zero-order valence-electron chi connectivity index (χ0n) is 12.2. The number of methoxy groups -OCH3 is 1. The van der Waals surface area contributed by atoms with Gasteiger partial charge in [0.2, 0.25) is 0 Å². The molecule has 0 aliphatic heterocycles. The van der Waals surface area contributed by atoms with Crippen LogP contribution >= 0.6 is 11.3 Å². The Bertz CT molecular complexity index is 900. The van der Waals surface area contributed by atoms with Gasteiger partial charge in [0, 0.05) is 19.3 Å². The molecule has 1 N–H and O–H groups in total. The molecule has 3 aromatic rings. The van der Waals surface area contributed by atoms with Crippen LogP contribution in [0, 0.1) is 0 Å². The van der Waals surface area contributed by atoms with Crippen molar-refractivity contribution in [1.82, 2.24) is 14.7 Å². The Balaban J connectivity index is 2.08. The molecule has 0 radical (unpaired) electrons. The first-order chi connectivity index (χ1) is 10.6. The predicted octanol–water partition coefficient (Wildman–Crippen LogP) is 1.67. The van der Waals surface area contributed by atoms with Crippen LogP contribution in [0.5, 0.6) is 0 Å².